The standard InChI is InChI=1S/C19H16O4/c1-2-22-18(20)15-11-7-6-10-14(15)17-16(12-23-19(17)21)13-8-4-3-5-9-13/h3-11H,2,12H2,1H3. The molecule has 4 heteroatoms. The fraction of sp³-hybridized carbons (Fsp3) is 0.158. The van der Waals surface area contributed by atoms with Crippen molar-refractivity contribution in [2.45, 2.75) is 6.92 Å². The molecule has 1 aliphatic heterocycles. The summed E-state index contributed by atoms with van der Waals surface area (Å²) in [5, 5.41) is 0. The molecule has 0 spiro atoms. The monoisotopic (exact) mass is 308 g/mol. The first-order chi connectivity index (χ1) is 11.2. The van der Waals surface area contributed by atoms with Crippen LogP contribution in [0.2, 0.25) is 0 Å². The number of cyclic esters (lactones) is 1. The van der Waals surface area contributed by atoms with Gasteiger partial charge in [0.1, 0.15) is 6.61 Å². The third kappa shape index (κ3) is 2.88. The Morgan fingerprint density at radius 2 is 1.78 bits per heavy atom. The molecule has 116 valence electrons. The fourth-order valence-corrected chi connectivity index (χ4v) is 2.63. The van der Waals surface area contributed by atoms with Crippen LogP contribution < -0.4 is 0 Å². The highest BCUT2D eigenvalue weighted by molar-refractivity contribution is 6.28. The molecule has 0 radical (unpaired) electrons. The van der Waals surface area contributed by atoms with Crippen molar-refractivity contribution in [3.8, 4) is 0 Å². The van der Waals surface area contributed by atoms with Crippen molar-refractivity contribution < 1.29 is 19.1 Å². The topological polar surface area (TPSA) is 52.6 Å². The van der Waals surface area contributed by atoms with E-state index in [0.29, 0.717) is 16.7 Å². The Morgan fingerprint density at radius 1 is 1.09 bits per heavy atom. The van der Waals surface area contributed by atoms with Crippen LogP contribution in [-0.4, -0.2) is 25.2 Å². The summed E-state index contributed by atoms with van der Waals surface area (Å²) in [7, 11) is 0. The van der Waals surface area contributed by atoms with Crippen LogP contribution in [0.25, 0.3) is 11.1 Å². The Kier molecular flexibility index (Phi) is 4.24. The summed E-state index contributed by atoms with van der Waals surface area (Å²) in [4.78, 5) is 24.4. The van der Waals surface area contributed by atoms with Gasteiger partial charge in [0.05, 0.1) is 17.7 Å². The number of rotatable bonds is 4. The second kappa shape index (κ2) is 6.48. The van der Waals surface area contributed by atoms with Gasteiger partial charge in [-0.05, 0) is 18.6 Å². The molecule has 0 saturated carbocycles. The molecule has 0 atom stereocenters. The molecule has 0 aliphatic carbocycles. The Balaban J connectivity index is 2.16. The van der Waals surface area contributed by atoms with Gasteiger partial charge in [0, 0.05) is 11.1 Å². The Bertz CT molecular complexity index is 775. The minimum atomic E-state index is -0.442. The van der Waals surface area contributed by atoms with E-state index in [2.05, 4.69) is 0 Å². The van der Waals surface area contributed by atoms with Crippen molar-refractivity contribution in [2.75, 3.05) is 13.2 Å². The molecular formula is C19H16O4. The van der Waals surface area contributed by atoms with Gasteiger partial charge in [0.15, 0.2) is 0 Å². The molecule has 0 N–H and O–H groups in total. The second-order valence-corrected chi connectivity index (χ2v) is 5.06. The van der Waals surface area contributed by atoms with E-state index in [1.54, 1.807) is 31.2 Å². The lowest BCUT2D eigenvalue weighted by Gasteiger charge is -2.10. The zero-order valence-electron chi connectivity index (χ0n) is 12.7. The molecule has 0 aromatic heterocycles. The molecular weight excluding hydrogens is 292 g/mol. The maximum Gasteiger partial charge on any atom is 0.339 e. The minimum absolute atomic E-state index is 0.204. The number of hydrogen-bond acceptors (Lipinski definition) is 4. The molecule has 0 bridgehead atoms. The normalized spacial score (nSPS) is 13.9. The molecule has 3 rings (SSSR count). The van der Waals surface area contributed by atoms with Crippen molar-refractivity contribution in [2.24, 2.45) is 0 Å². The average molecular weight is 308 g/mol. The minimum Gasteiger partial charge on any atom is -0.462 e. The van der Waals surface area contributed by atoms with Gasteiger partial charge in [-0.25, -0.2) is 9.59 Å². The first-order valence-electron chi connectivity index (χ1n) is 7.44. The smallest absolute Gasteiger partial charge is 0.339 e. The van der Waals surface area contributed by atoms with Crippen LogP contribution in [0.1, 0.15) is 28.4 Å². The van der Waals surface area contributed by atoms with Gasteiger partial charge in [-0.15, -0.1) is 0 Å². The number of ether oxygens (including phenoxy) is 2. The Morgan fingerprint density at radius 3 is 2.52 bits per heavy atom. The molecule has 23 heavy (non-hydrogen) atoms. The fourth-order valence-electron chi connectivity index (χ4n) is 2.63. The lowest BCUT2D eigenvalue weighted by molar-refractivity contribution is -0.133. The van der Waals surface area contributed by atoms with Gasteiger partial charge >= 0.3 is 11.9 Å². The van der Waals surface area contributed by atoms with Crippen LogP contribution in [0.3, 0.4) is 0 Å². The Labute approximate surface area is 134 Å². The van der Waals surface area contributed by atoms with E-state index in [1.807, 2.05) is 30.3 Å². The highest BCUT2D eigenvalue weighted by Gasteiger charge is 2.30. The van der Waals surface area contributed by atoms with Crippen LogP contribution in [0.5, 0.6) is 0 Å². The van der Waals surface area contributed by atoms with E-state index in [9.17, 15) is 9.59 Å². The summed E-state index contributed by atoms with van der Waals surface area (Å²) in [5.41, 5.74) is 3.04. The average Bonchev–Trinajstić information content (AvgIpc) is 2.97. The van der Waals surface area contributed by atoms with Crippen LogP contribution in [-0.2, 0) is 14.3 Å². The molecule has 0 amide bonds. The highest BCUT2D eigenvalue weighted by Crippen LogP contribution is 2.34. The third-order valence-electron chi connectivity index (χ3n) is 3.67. The molecule has 0 fully saturated rings. The molecule has 0 unspecified atom stereocenters. The maximum absolute atomic E-state index is 12.3. The maximum atomic E-state index is 12.3. The summed E-state index contributed by atoms with van der Waals surface area (Å²) in [5.74, 6) is -0.858. The van der Waals surface area contributed by atoms with Crippen molar-refractivity contribution in [3.05, 3.63) is 71.3 Å². The van der Waals surface area contributed by atoms with Gasteiger partial charge in [0.25, 0.3) is 0 Å². The van der Waals surface area contributed by atoms with E-state index < -0.39 is 11.9 Å². The molecule has 4 nitrogen and oxygen atoms in total. The summed E-state index contributed by atoms with van der Waals surface area (Å²) in [6.45, 7) is 2.23. The van der Waals surface area contributed by atoms with Crippen LogP contribution in [0, 0.1) is 0 Å². The van der Waals surface area contributed by atoms with E-state index >= 15 is 0 Å². The first-order valence-corrected chi connectivity index (χ1v) is 7.44. The summed E-state index contributed by atoms with van der Waals surface area (Å²) in [6, 6.07) is 16.5. The number of hydrogen-bond donors (Lipinski definition) is 0. The largest absolute Gasteiger partial charge is 0.462 e. The summed E-state index contributed by atoms with van der Waals surface area (Å²) in [6.07, 6.45) is 0. The molecule has 0 saturated heterocycles. The molecule has 2 aromatic rings. The van der Waals surface area contributed by atoms with Gasteiger partial charge in [-0.3, -0.25) is 0 Å². The van der Waals surface area contributed by atoms with Gasteiger partial charge in [-0.2, -0.15) is 0 Å². The summed E-state index contributed by atoms with van der Waals surface area (Å²) >= 11 is 0. The summed E-state index contributed by atoms with van der Waals surface area (Å²) < 4.78 is 10.3. The SMILES string of the molecule is CCOC(=O)c1ccccc1C1=C(c2ccccc2)COC1=O. The molecule has 1 heterocycles. The number of carbonyl (C=O) groups is 2. The van der Waals surface area contributed by atoms with Crippen LogP contribution >= 0.6 is 0 Å². The first kappa shape index (κ1) is 15.0. The zero-order valence-corrected chi connectivity index (χ0v) is 12.7. The lowest BCUT2D eigenvalue weighted by atomic mass is 9.93. The zero-order chi connectivity index (χ0) is 16.2. The van der Waals surface area contributed by atoms with Gasteiger partial charge in [-0.1, -0.05) is 48.5 Å². The van der Waals surface area contributed by atoms with E-state index in [4.69, 9.17) is 9.47 Å². The van der Waals surface area contributed by atoms with Crippen molar-refractivity contribution >= 4 is 23.1 Å². The van der Waals surface area contributed by atoms with E-state index in [1.165, 1.54) is 0 Å². The third-order valence-corrected chi connectivity index (χ3v) is 3.67. The number of esters is 2. The van der Waals surface area contributed by atoms with Crippen molar-refractivity contribution in [1.29, 1.82) is 0 Å². The highest BCUT2D eigenvalue weighted by atomic mass is 16.5. The van der Waals surface area contributed by atoms with Gasteiger partial charge in [0.2, 0.25) is 0 Å². The van der Waals surface area contributed by atoms with Crippen molar-refractivity contribution in [3.63, 3.8) is 0 Å². The number of carbonyl (C=O) groups excluding carboxylic acids is 2. The number of benzene rings is 2. The van der Waals surface area contributed by atoms with Crippen LogP contribution in [0.4, 0.5) is 0 Å². The quantitative estimate of drug-likeness (QED) is 0.813. The van der Waals surface area contributed by atoms with E-state index in [0.717, 1.165) is 11.1 Å². The van der Waals surface area contributed by atoms with E-state index in [-0.39, 0.29) is 13.2 Å². The lowest BCUT2D eigenvalue weighted by Crippen LogP contribution is -2.10. The predicted octanol–water partition coefficient (Wildman–Crippen LogP) is 3.33. The van der Waals surface area contributed by atoms with Gasteiger partial charge < -0.3 is 9.47 Å². The predicted molar refractivity (Wildman–Crippen MR) is 86.6 cm³/mol. The molecule has 1 aliphatic rings. The molecule has 2 aromatic carbocycles. The van der Waals surface area contributed by atoms with Crippen LogP contribution in [0.15, 0.2) is 54.6 Å². The van der Waals surface area contributed by atoms with Crippen molar-refractivity contribution in [1.82, 2.24) is 0 Å². The second-order valence-electron chi connectivity index (χ2n) is 5.06. The Hall–Kier alpha value is -2.88.